The number of thioether (sulfide) groups is 1. The zero-order valence-corrected chi connectivity index (χ0v) is 17.8. The normalized spacial score (nSPS) is 12.6. The monoisotopic (exact) mass is 385 g/mol. The van der Waals surface area contributed by atoms with Gasteiger partial charge in [0.2, 0.25) is 5.91 Å². The van der Waals surface area contributed by atoms with Crippen LogP contribution in [0.4, 0.5) is 5.69 Å². The van der Waals surface area contributed by atoms with E-state index in [2.05, 4.69) is 15.3 Å². The lowest BCUT2D eigenvalue weighted by Gasteiger charge is -2.18. The second-order valence-corrected chi connectivity index (χ2v) is 9.02. The molecule has 144 valence electrons. The molecule has 1 amide bonds. The number of ketones is 1. The summed E-state index contributed by atoms with van der Waals surface area (Å²) >= 11 is 1.36. The van der Waals surface area contributed by atoms with Gasteiger partial charge in [-0.2, -0.15) is 0 Å². The van der Waals surface area contributed by atoms with Crippen molar-refractivity contribution in [1.82, 2.24) is 9.97 Å². The number of rotatable bonds is 5. The molecule has 0 unspecified atom stereocenters. The van der Waals surface area contributed by atoms with Gasteiger partial charge in [-0.1, -0.05) is 32.5 Å². The lowest BCUT2D eigenvalue weighted by Crippen LogP contribution is -2.27. The Kier molecular flexibility index (Phi) is 6.42. The zero-order chi connectivity index (χ0) is 20.4. The van der Waals surface area contributed by atoms with E-state index in [4.69, 9.17) is 0 Å². The Morgan fingerprint density at radius 3 is 2.00 bits per heavy atom. The van der Waals surface area contributed by atoms with E-state index in [1.54, 1.807) is 24.3 Å². The van der Waals surface area contributed by atoms with Crippen LogP contribution >= 0.6 is 11.8 Å². The third kappa shape index (κ3) is 5.39. The number of carbonyl (C=O) groups is 2. The Hall–Kier alpha value is -2.21. The fourth-order valence-electron chi connectivity index (χ4n) is 2.28. The minimum atomic E-state index is -0.468. The number of carbonyl (C=O) groups excluding carboxylic acids is 2. The maximum atomic E-state index is 12.7. The molecule has 2 aromatic rings. The number of nitrogens with one attached hydrogen (secondary N) is 1. The van der Waals surface area contributed by atoms with Gasteiger partial charge in [0.15, 0.2) is 10.9 Å². The van der Waals surface area contributed by atoms with E-state index in [0.717, 1.165) is 17.0 Å². The molecule has 0 aliphatic rings. The number of aromatic nitrogens is 2. The number of hydrogen-bond acceptors (Lipinski definition) is 5. The summed E-state index contributed by atoms with van der Waals surface area (Å²) in [5, 5.41) is 3.17. The van der Waals surface area contributed by atoms with Gasteiger partial charge in [-0.3, -0.25) is 9.59 Å². The van der Waals surface area contributed by atoms with Crippen molar-refractivity contribution >= 4 is 29.1 Å². The van der Waals surface area contributed by atoms with Crippen LogP contribution in [0.2, 0.25) is 0 Å². The van der Waals surface area contributed by atoms with Gasteiger partial charge in [0.1, 0.15) is 0 Å². The van der Waals surface area contributed by atoms with Crippen LogP contribution in [-0.2, 0) is 4.79 Å². The third-order valence-corrected chi connectivity index (χ3v) is 5.33. The Balaban J connectivity index is 2.07. The first-order valence-electron chi connectivity index (χ1n) is 8.93. The first kappa shape index (κ1) is 21.1. The van der Waals surface area contributed by atoms with Gasteiger partial charge in [-0.15, -0.1) is 0 Å². The maximum absolute atomic E-state index is 12.7. The lowest BCUT2D eigenvalue weighted by molar-refractivity contribution is -0.123. The van der Waals surface area contributed by atoms with E-state index < -0.39 is 5.41 Å². The topological polar surface area (TPSA) is 72.0 Å². The van der Waals surface area contributed by atoms with E-state index in [-0.39, 0.29) is 16.9 Å². The SMILES string of the molecule is Cc1nc(S[C@H](C)C(=O)c2ccc(NC(=O)C(C)(C)C)cc2)nc(C)c1C. The van der Waals surface area contributed by atoms with Crippen molar-refractivity contribution in [3.63, 3.8) is 0 Å². The molecular weight excluding hydrogens is 358 g/mol. The predicted octanol–water partition coefficient (Wildman–Crippen LogP) is 4.75. The largest absolute Gasteiger partial charge is 0.326 e. The number of hydrogen-bond donors (Lipinski definition) is 1. The molecule has 6 heteroatoms. The second-order valence-electron chi connectivity index (χ2n) is 7.71. The number of amides is 1. The molecule has 0 saturated heterocycles. The second kappa shape index (κ2) is 8.21. The summed E-state index contributed by atoms with van der Waals surface area (Å²) in [6, 6.07) is 6.99. The van der Waals surface area contributed by atoms with Gasteiger partial charge in [0, 0.05) is 28.1 Å². The number of benzene rings is 1. The molecular formula is C21H27N3O2S. The zero-order valence-electron chi connectivity index (χ0n) is 17.0. The van der Waals surface area contributed by atoms with E-state index in [1.165, 1.54) is 11.8 Å². The van der Waals surface area contributed by atoms with Crippen LogP contribution in [0.3, 0.4) is 0 Å². The fraction of sp³-hybridized carbons (Fsp3) is 0.429. The molecule has 5 nitrogen and oxygen atoms in total. The molecule has 27 heavy (non-hydrogen) atoms. The van der Waals surface area contributed by atoms with Crippen molar-refractivity contribution in [3.05, 3.63) is 46.8 Å². The number of anilines is 1. The van der Waals surface area contributed by atoms with Crippen LogP contribution < -0.4 is 5.32 Å². The molecule has 0 aliphatic carbocycles. The van der Waals surface area contributed by atoms with Crippen molar-refractivity contribution in [2.24, 2.45) is 5.41 Å². The Labute approximate surface area is 165 Å². The number of nitrogens with zero attached hydrogens (tertiary/aromatic N) is 2. The minimum absolute atomic E-state index is 0.00757. The van der Waals surface area contributed by atoms with Crippen LogP contribution in [0.5, 0.6) is 0 Å². The summed E-state index contributed by atoms with van der Waals surface area (Å²) in [6.07, 6.45) is 0. The van der Waals surface area contributed by atoms with Crippen molar-refractivity contribution in [3.8, 4) is 0 Å². The summed E-state index contributed by atoms with van der Waals surface area (Å²) in [5.41, 5.74) is 3.76. The quantitative estimate of drug-likeness (QED) is 0.457. The van der Waals surface area contributed by atoms with Gasteiger partial charge >= 0.3 is 0 Å². The van der Waals surface area contributed by atoms with E-state index >= 15 is 0 Å². The maximum Gasteiger partial charge on any atom is 0.229 e. The van der Waals surface area contributed by atoms with Gasteiger partial charge < -0.3 is 5.32 Å². The number of aryl methyl sites for hydroxylation is 2. The highest BCUT2D eigenvalue weighted by Crippen LogP contribution is 2.25. The Morgan fingerprint density at radius 1 is 1.00 bits per heavy atom. The van der Waals surface area contributed by atoms with Crippen LogP contribution in [-0.4, -0.2) is 26.9 Å². The average Bonchev–Trinajstić information content (AvgIpc) is 2.58. The Morgan fingerprint density at radius 2 is 1.52 bits per heavy atom. The molecule has 2 rings (SSSR count). The molecule has 1 aromatic heterocycles. The highest BCUT2D eigenvalue weighted by atomic mass is 32.2. The summed E-state index contributed by atoms with van der Waals surface area (Å²) in [4.78, 5) is 33.7. The predicted molar refractivity (Wildman–Crippen MR) is 110 cm³/mol. The molecule has 1 heterocycles. The molecule has 1 atom stereocenters. The van der Waals surface area contributed by atoms with E-state index in [0.29, 0.717) is 16.4 Å². The molecule has 0 bridgehead atoms. The van der Waals surface area contributed by atoms with Crippen LogP contribution in [0.25, 0.3) is 0 Å². The van der Waals surface area contributed by atoms with Crippen molar-refractivity contribution in [2.45, 2.75) is 58.9 Å². The van der Waals surface area contributed by atoms with Gasteiger partial charge in [-0.25, -0.2) is 9.97 Å². The van der Waals surface area contributed by atoms with Crippen LogP contribution in [0.15, 0.2) is 29.4 Å². The molecule has 0 aliphatic heterocycles. The van der Waals surface area contributed by atoms with Gasteiger partial charge in [0.25, 0.3) is 0 Å². The van der Waals surface area contributed by atoms with Crippen molar-refractivity contribution < 1.29 is 9.59 Å². The highest BCUT2D eigenvalue weighted by Gasteiger charge is 2.22. The van der Waals surface area contributed by atoms with Gasteiger partial charge in [0.05, 0.1) is 5.25 Å². The summed E-state index contributed by atoms with van der Waals surface area (Å²) in [6.45, 7) is 13.3. The van der Waals surface area contributed by atoms with Crippen LogP contribution in [0, 0.1) is 26.2 Å². The minimum Gasteiger partial charge on any atom is -0.326 e. The molecule has 0 saturated carbocycles. The van der Waals surface area contributed by atoms with E-state index in [1.807, 2.05) is 48.5 Å². The molecule has 0 spiro atoms. The Bertz CT molecular complexity index is 832. The van der Waals surface area contributed by atoms with Crippen LogP contribution in [0.1, 0.15) is 55.0 Å². The van der Waals surface area contributed by atoms with Crippen molar-refractivity contribution in [1.29, 1.82) is 0 Å². The van der Waals surface area contributed by atoms with Crippen molar-refractivity contribution in [2.75, 3.05) is 5.32 Å². The summed E-state index contributed by atoms with van der Waals surface area (Å²) < 4.78 is 0. The highest BCUT2D eigenvalue weighted by molar-refractivity contribution is 8.00. The molecule has 1 N–H and O–H groups in total. The molecule has 0 fully saturated rings. The summed E-state index contributed by atoms with van der Waals surface area (Å²) in [7, 11) is 0. The molecule has 0 radical (unpaired) electrons. The van der Waals surface area contributed by atoms with Gasteiger partial charge in [-0.05, 0) is 57.5 Å². The standard InChI is InChI=1S/C21H27N3O2S/c1-12-13(2)22-20(23-14(12)3)27-15(4)18(25)16-8-10-17(11-9-16)24-19(26)21(5,6)7/h8-11,15H,1-7H3,(H,24,26)/t15-/m1/s1. The average molecular weight is 386 g/mol. The first-order valence-corrected chi connectivity index (χ1v) is 9.81. The summed E-state index contributed by atoms with van der Waals surface area (Å²) in [5.74, 6) is -0.0547. The lowest BCUT2D eigenvalue weighted by atomic mass is 9.95. The molecule has 1 aromatic carbocycles. The number of Topliss-reactive ketones (excluding diaryl/α,β-unsaturated/α-hetero) is 1. The fourth-order valence-corrected chi connectivity index (χ4v) is 3.22. The smallest absolute Gasteiger partial charge is 0.229 e. The first-order chi connectivity index (χ1) is 12.5. The van der Waals surface area contributed by atoms with E-state index in [9.17, 15) is 9.59 Å². The third-order valence-electron chi connectivity index (χ3n) is 4.37.